The molecule has 2 aliphatic rings. The van der Waals surface area contributed by atoms with Crippen LogP contribution in [0.1, 0.15) is 24.4 Å². The number of rotatable bonds is 4. The molecule has 1 saturated heterocycles. The number of amides is 1. The lowest BCUT2D eigenvalue weighted by molar-refractivity contribution is -0.139. The molecule has 5 nitrogen and oxygen atoms in total. The third-order valence-corrected chi connectivity index (χ3v) is 4.90. The van der Waals surface area contributed by atoms with Crippen molar-refractivity contribution in [3.05, 3.63) is 48.5 Å². The van der Waals surface area contributed by atoms with E-state index in [0.717, 1.165) is 37.2 Å². The van der Waals surface area contributed by atoms with Crippen molar-refractivity contribution in [2.24, 2.45) is 0 Å². The zero-order chi connectivity index (χ0) is 15.2. The molecule has 1 aliphatic carbocycles. The van der Waals surface area contributed by atoms with Gasteiger partial charge in [0.15, 0.2) is 0 Å². The lowest BCUT2D eigenvalue weighted by Crippen LogP contribution is -2.53. The van der Waals surface area contributed by atoms with Crippen molar-refractivity contribution in [1.29, 1.82) is 0 Å². The van der Waals surface area contributed by atoms with Crippen LogP contribution in [0.5, 0.6) is 5.75 Å². The zero-order valence-electron chi connectivity index (χ0n) is 12.6. The molecule has 0 bridgehead atoms. The number of hydrogen-bond donors (Lipinski definition) is 0. The van der Waals surface area contributed by atoms with Crippen LogP contribution in [0, 0.1) is 0 Å². The van der Waals surface area contributed by atoms with Crippen LogP contribution in [-0.4, -0.2) is 40.6 Å². The molecule has 1 saturated carbocycles. The molecule has 114 valence electrons. The summed E-state index contributed by atoms with van der Waals surface area (Å²) in [6, 6.07) is 8.30. The maximum Gasteiger partial charge on any atom is 0.233 e. The van der Waals surface area contributed by atoms with Crippen molar-refractivity contribution >= 4 is 5.91 Å². The molecule has 0 unspecified atom stereocenters. The van der Waals surface area contributed by atoms with E-state index in [1.807, 2.05) is 41.7 Å². The molecule has 0 spiro atoms. The van der Waals surface area contributed by atoms with E-state index in [1.54, 1.807) is 13.3 Å². The first-order valence-electron chi connectivity index (χ1n) is 7.64. The Labute approximate surface area is 129 Å². The Balaban J connectivity index is 1.46. The number of ether oxygens (including phenoxy) is 1. The molecule has 1 amide bonds. The summed E-state index contributed by atoms with van der Waals surface area (Å²) in [4.78, 5) is 18.9. The van der Waals surface area contributed by atoms with Crippen molar-refractivity contribution in [1.82, 2.24) is 14.5 Å². The van der Waals surface area contributed by atoms with Crippen molar-refractivity contribution in [3.63, 3.8) is 0 Å². The highest BCUT2D eigenvalue weighted by atomic mass is 16.5. The second-order valence-corrected chi connectivity index (χ2v) is 6.18. The normalized spacial score (nSPS) is 19.6. The Kier molecular flexibility index (Phi) is 2.96. The fourth-order valence-corrected chi connectivity index (χ4v) is 3.26. The number of likely N-dealkylation sites (tertiary alicyclic amines) is 1. The van der Waals surface area contributed by atoms with E-state index in [2.05, 4.69) is 9.55 Å². The molecule has 0 radical (unpaired) electrons. The Hall–Kier alpha value is -2.30. The number of imidazole rings is 1. The molecule has 0 N–H and O–H groups in total. The van der Waals surface area contributed by atoms with Gasteiger partial charge in [0, 0.05) is 25.5 Å². The van der Waals surface area contributed by atoms with Gasteiger partial charge in [-0.05, 0) is 30.5 Å². The zero-order valence-corrected chi connectivity index (χ0v) is 12.6. The highest BCUT2D eigenvalue weighted by Gasteiger charge is 2.54. The summed E-state index contributed by atoms with van der Waals surface area (Å²) in [6.45, 7) is 1.57. The molecule has 22 heavy (non-hydrogen) atoms. The Morgan fingerprint density at radius 3 is 2.55 bits per heavy atom. The number of carbonyl (C=O) groups excluding carboxylic acids is 1. The van der Waals surface area contributed by atoms with E-state index in [1.165, 1.54) is 0 Å². The van der Waals surface area contributed by atoms with E-state index in [-0.39, 0.29) is 11.3 Å². The van der Waals surface area contributed by atoms with E-state index in [0.29, 0.717) is 6.04 Å². The SMILES string of the molecule is COc1ccc(C2(C(=O)N3CC(n4ccnc4)C3)CC2)cc1. The van der Waals surface area contributed by atoms with Crippen LogP contribution in [0.3, 0.4) is 0 Å². The van der Waals surface area contributed by atoms with Crippen LogP contribution >= 0.6 is 0 Å². The Morgan fingerprint density at radius 1 is 1.27 bits per heavy atom. The first-order valence-corrected chi connectivity index (χ1v) is 7.64. The van der Waals surface area contributed by atoms with Crippen LogP contribution in [0.25, 0.3) is 0 Å². The Bertz CT molecular complexity index is 668. The molecule has 5 heteroatoms. The molecule has 1 aromatic heterocycles. The van der Waals surface area contributed by atoms with Gasteiger partial charge < -0.3 is 14.2 Å². The number of benzene rings is 1. The van der Waals surface area contributed by atoms with Gasteiger partial charge in [0.2, 0.25) is 5.91 Å². The maximum absolute atomic E-state index is 12.8. The highest BCUT2D eigenvalue weighted by Crippen LogP contribution is 2.50. The third-order valence-electron chi connectivity index (χ3n) is 4.90. The van der Waals surface area contributed by atoms with Gasteiger partial charge >= 0.3 is 0 Å². The monoisotopic (exact) mass is 297 g/mol. The molecule has 2 fully saturated rings. The van der Waals surface area contributed by atoms with E-state index in [9.17, 15) is 4.79 Å². The second kappa shape index (κ2) is 4.87. The number of aromatic nitrogens is 2. The molecule has 4 rings (SSSR count). The van der Waals surface area contributed by atoms with Crippen LogP contribution in [-0.2, 0) is 10.2 Å². The van der Waals surface area contributed by atoms with Crippen molar-refractivity contribution in [2.75, 3.05) is 20.2 Å². The van der Waals surface area contributed by atoms with Gasteiger partial charge in [-0.2, -0.15) is 0 Å². The maximum atomic E-state index is 12.8. The van der Waals surface area contributed by atoms with Gasteiger partial charge in [0.05, 0.1) is 24.9 Å². The summed E-state index contributed by atoms with van der Waals surface area (Å²) in [5, 5.41) is 0. The van der Waals surface area contributed by atoms with Crippen molar-refractivity contribution in [2.45, 2.75) is 24.3 Å². The molecule has 0 atom stereocenters. The van der Waals surface area contributed by atoms with Crippen LogP contribution in [0.2, 0.25) is 0 Å². The molecule has 1 aliphatic heterocycles. The van der Waals surface area contributed by atoms with E-state index >= 15 is 0 Å². The fourth-order valence-electron chi connectivity index (χ4n) is 3.26. The lowest BCUT2D eigenvalue weighted by atomic mass is 9.92. The molecule has 2 heterocycles. The van der Waals surface area contributed by atoms with Gasteiger partial charge in [0.25, 0.3) is 0 Å². The van der Waals surface area contributed by atoms with Gasteiger partial charge in [-0.1, -0.05) is 12.1 Å². The lowest BCUT2D eigenvalue weighted by Gasteiger charge is -2.41. The topological polar surface area (TPSA) is 47.4 Å². The molecule has 1 aromatic carbocycles. The quantitative estimate of drug-likeness (QED) is 0.867. The summed E-state index contributed by atoms with van der Waals surface area (Å²) in [5.74, 6) is 1.10. The minimum absolute atomic E-state index is 0.272. The van der Waals surface area contributed by atoms with E-state index < -0.39 is 0 Å². The van der Waals surface area contributed by atoms with Crippen LogP contribution in [0.4, 0.5) is 0 Å². The van der Waals surface area contributed by atoms with Crippen molar-refractivity contribution < 1.29 is 9.53 Å². The molecular weight excluding hydrogens is 278 g/mol. The predicted molar refractivity (Wildman–Crippen MR) is 81.8 cm³/mol. The number of methoxy groups -OCH3 is 1. The summed E-state index contributed by atoms with van der Waals surface area (Å²) < 4.78 is 7.27. The molecular formula is C17H19N3O2. The van der Waals surface area contributed by atoms with Gasteiger partial charge in [-0.25, -0.2) is 4.98 Å². The summed E-state index contributed by atoms with van der Waals surface area (Å²) in [6.07, 6.45) is 7.46. The average Bonchev–Trinajstić information content (AvgIpc) is 3.16. The summed E-state index contributed by atoms with van der Waals surface area (Å²) >= 11 is 0. The number of hydrogen-bond acceptors (Lipinski definition) is 3. The van der Waals surface area contributed by atoms with Crippen molar-refractivity contribution in [3.8, 4) is 5.75 Å². The summed E-state index contributed by atoms with van der Waals surface area (Å²) in [7, 11) is 1.66. The summed E-state index contributed by atoms with van der Waals surface area (Å²) in [5.41, 5.74) is 0.830. The average molecular weight is 297 g/mol. The third kappa shape index (κ3) is 2.00. The van der Waals surface area contributed by atoms with Crippen LogP contribution < -0.4 is 4.74 Å². The largest absolute Gasteiger partial charge is 0.497 e. The number of carbonyl (C=O) groups is 1. The van der Waals surface area contributed by atoms with E-state index in [4.69, 9.17) is 4.74 Å². The minimum Gasteiger partial charge on any atom is -0.497 e. The number of nitrogens with zero attached hydrogens (tertiary/aromatic N) is 3. The van der Waals surface area contributed by atoms with Crippen LogP contribution in [0.15, 0.2) is 43.0 Å². The van der Waals surface area contributed by atoms with Gasteiger partial charge in [-0.15, -0.1) is 0 Å². The van der Waals surface area contributed by atoms with Gasteiger partial charge in [-0.3, -0.25) is 4.79 Å². The highest BCUT2D eigenvalue weighted by molar-refractivity contribution is 5.92. The smallest absolute Gasteiger partial charge is 0.233 e. The minimum atomic E-state index is -0.286. The first-order chi connectivity index (χ1) is 10.7. The second-order valence-electron chi connectivity index (χ2n) is 6.18. The standard InChI is InChI=1S/C17H19N3O2/c1-22-15-4-2-13(3-5-15)17(6-7-17)16(21)20-10-14(11-20)19-9-8-18-12-19/h2-5,8-9,12,14H,6-7,10-11H2,1H3. The fraction of sp³-hybridized carbons (Fsp3) is 0.412. The molecule has 2 aromatic rings. The Morgan fingerprint density at radius 2 is 2.00 bits per heavy atom. The predicted octanol–water partition coefficient (Wildman–Crippen LogP) is 2.01. The van der Waals surface area contributed by atoms with Gasteiger partial charge in [0.1, 0.15) is 5.75 Å². The first kappa shape index (κ1) is 13.4.